The Morgan fingerprint density at radius 2 is 2.00 bits per heavy atom. The number of nitrogens with one attached hydrogen (secondary N) is 4. The minimum atomic E-state index is -3.44. The van der Waals surface area contributed by atoms with Crippen LogP contribution in [0, 0.1) is 11.2 Å². The van der Waals surface area contributed by atoms with E-state index in [9.17, 15) is 12.8 Å². The van der Waals surface area contributed by atoms with Crippen molar-refractivity contribution in [1.29, 1.82) is 5.41 Å². The molecule has 0 amide bonds. The molecular weight excluding hydrogens is 529 g/mol. The lowest BCUT2D eigenvalue weighted by Gasteiger charge is -2.10. The molecule has 0 saturated heterocycles. The largest absolute Gasteiger partial charge is 0.402 e. The first-order chi connectivity index (χ1) is 18.9. The maximum absolute atomic E-state index is 14.5. The number of anilines is 1. The van der Waals surface area contributed by atoms with Gasteiger partial charge in [-0.1, -0.05) is 18.7 Å². The van der Waals surface area contributed by atoms with Gasteiger partial charge in [-0.05, 0) is 72.3 Å². The highest BCUT2D eigenvalue weighted by Crippen LogP contribution is 2.32. The Bertz CT molecular complexity index is 1790. The number of aromatic amines is 1. The molecule has 0 fully saturated rings. The van der Waals surface area contributed by atoms with Gasteiger partial charge < -0.3 is 21.8 Å². The zero-order chi connectivity index (χ0) is 29.0. The van der Waals surface area contributed by atoms with Crippen LogP contribution in [0.15, 0.2) is 85.5 Å². The van der Waals surface area contributed by atoms with Crippen molar-refractivity contribution in [3.05, 3.63) is 114 Å². The van der Waals surface area contributed by atoms with E-state index in [1.54, 1.807) is 43.6 Å². The molecule has 2 aromatic carbocycles. The van der Waals surface area contributed by atoms with Crippen LogP contribution in [0.1, 0.15) is 29.3 Å². The Kier molecular flexibility index (Phi) is 8.17. The first-order valence-electron chi connectivity index (χ1n) is 12.2. The number of benzene rings is 2. The van der Waals surface area contributed by atoms with Crippen LogP contribution in [0.4, 0.5) is 10.2 Å². The molecule has 2 aromatic heterocycles. The number of hydrogen-bond acceptors (Lipinski definition) is 7. The lowest BCUT2D eigenvalue weighted by molar-refractivity contribution is 0.586. The van der Waals surface area contributed by atoms with Gasteiger partial charge in [-0.15, -0.1) is 0 Å². The number of rotatable bonds is 10. The van der Waals surface area contributed by atoms with Crippen molar-refractivity contribution in [3.63, 3.8) is 0 Å². The SMILES string of the molecule is C=CN/C=C(\C=C(/C)N)c1cnc(N)c(C(=N)c2cc3c(-c4cc(F)cc(CNS(C)(=O)=O)c4)cccc3[nH]2)c1. The quantitative estimate of drug-likeness (QED) is 0.125. The molecular formula is C29H30FN7O2S. The van der Waals surface area contributed by atoms with Crippen molar-refractivity contribution in [2.45, 2.75) is 13.5 Å². The molecule has 0 bridgehead atoms. The second-order valence-electron chi connectivity index (χ2n) is 9.28. The average Bonchev–Trinajstić information content (AvgIpc) is 3.33. The summed E-state index contributed by atoms with van der Waals surface area (Å²) in [6, 6.07) is 13.5. The third-order valence-corrected chi connectivity index (χ3v) is 6.67. The van der Waals surface area contributed by atoms with Crippen LogP contribution < -0.4 is 21.5 Å². The number of hydrogen-bond donors (Lipinski definition) is 6. The van der Waals surface area contributed by atoms with Gasteiger partial charge in [0.05, 0.1) is 17.7 Å². The highest BCUT2D eigenvalue weighted by molar-refractivity contribution is 7.88. The Morgan fingerprint density at radius 3 is 2.70 bits per heavy atom. The van der Waals surface area contributed by atoms with E-state index in [1.165, 1.54) is 18.3 Å². The van der Waals surface area contributed by atoms with Crippen LogP contribution in [0.25, 0.3) is 27.6 Å². The number of pyridine rings is 1. The summed E-state index contributed by atoms with van der Waals surface area (Å²) in [5.41, 5.74) is 17.6. The van der Waals surface area contributed by atoms with Gasteiger partial charge in [-0.3, -0.25) is 5.41 Å². The molecule has 11 heteroatoms. The standard InChI is InChI=1S/C29H30FN7O2S/c1-4-34-15-20(8-17(2)31)21-12-25(29(33)35-16-21)28(32)27-13-24-23(6-5-7-26(24)37-27)19-9-18(10-22(30)11-19)14-36-40(3,38)39/h4-13,15-16,32,34,36-37H,1,14,31H2,2-3H3,(H2,33,35)/b17-8+,20-15+,32-28?. The number of halogens is 1. The third kappa shape index (κ3) is 6.63. The van der Waals surface area contributed by atoms with Crippen molar-refractivity contribution in [1.82, 2.24) is 20.0 Å². The minimum absolute atomic E-state index is 0.0388. The van der Waals surface area contributed by atoms with Crippen molar-refractivity contribution in [2.24, 2.45) is 5.73 Å². The van der Waals surface area contributed by atoms with Crippen LogP contribution in [-0.4, -0.2) is 30.4 Å². The molecule has 0 aliphatic rings. The number of sulfonamides is 1. The van der Waals surface area contributed by atoms with E-state index in [0.717, 1.165) is 28.3 Å². The highest BCUT2D eigenvalue weighted by Gasteiger charge is 2.16. The highest BCUT2D eigenvalue weighted by atomic mass is 32.2. The van der Waals surface area contributed by atoms with Gasteiger partial charge in [0.15, 0.2) is 0 Å². The fraction of sp³-hybridized carbons (Fsp3) is 0.103. The first-order valence-corrected chi connectivity index (χ1v) is 14.1. The molecule has 0 spiro atoms. The predicted molar refractivity (Wildman–Crippen MR) is 159 cm³/mol. The smallest absolute Gasteiger partial charge is 0.209 e. The Morgan fingerprint density at radius 1 is 1.23 bits per heavy atom. The summed E-state index contributed by atoms with van der Waals surface area (Å²) in [6.07, 6.45) is 7.67. The molecule has 0 unspecified atom stereocenters. The Labute approximate surface area is 232 Å². The van der Waals surface area contributed by atoms with Gasteiger partial charge in [0.25, 0.3) is 0 Å². The van der Waals surface area contributed by atoms with Crippen LogP contribution in [0.2, 0.25) is 0 Å². The molecule has 4 aromatic rings. The maximum Gasteiger partial charge on any atom is 0.209 e. The number of fused-ring (bicyclic) bond motifs is 1. The zero-order valence-electron chi connectivity index (χ0n) is 22.0. The van der Waals surface area contributed by atoms with Crippen molar-refractivity contribution in [3.8, 4) is 11.1 Å². The fourth-order valence-electron chi connectivity index (χ4n) is 4.24. The van der Waals surface area contributed by atoms with E-state index in [4.69, 9.17) is 16.9 Å². The summed E-state index contributed by atoms with van der Waals surface area (Å²) in [6.45, 7) is 5.38. The molecule has 206 valence electrons. The molecule has 0 saturated carbocycles. The number of nitrogen functional groups attached to an aromatic ring is 1. The van der Waals surface area contributed by atoms with Crippen LogP contribution in [0.3, 0.4) is 0 Å². The van der Waals surface area contributed by atoms with Crippen LogP contribution >= 0.6 is 0 Å². The van der Waals surface area contributed by atoms with Gasteiger partial charge in [0, 0.05) is 52.2 Å². The summed E-state index contributed by atoms with van der Waals surface area (Å²) in [7, 11) is -3.44. The minimum Gasteiger partial charge on any atom is -0.402 e. The van der Waals surface area contributed by atoms with Gasteiger partial charge >= 0.3 is 0 Å². The second kappa shape index (κ2) is 11.6. The summed E-state index contributed by atoms with van der Waals surface area (Å²) >= 11 is 0. The lowest BCUT2D eigenvalue weighted by Crippen LogP contribution is -2.21. The molecule has 8 N–H and O–H groups in total. The number of nitrogens with zero attached hydrogens (tertiary/aromatic N) is 1. The molecule has 0 radical (unpaired) electrons. The fourth-order valence-corrected chi connectivity index (χ4v) is 4.67. The summed E-state index contributed by atoms with van der Waals surface area (Å²) in [5.74, 6) is -0.305. The average molecular weight is 560 g/mol. The number of nitrogens with two attached hydrogens (primary N) is 2. The van der Waals surface area contributed by atoms with Gasteiger partial charge in [-0.2, -0.15) is 0 Å². The number of allylic oxidation sites excluding steroid dienone is 3. The zero-order valence-corrected chi connectivity index (χ0v) is 22.9. The predicted octanol–water partition coefficient (Wildman–Crippen LogP) is 4.35. The van der Waals surface area contributed by atoms with Crippen molar-refractivity contribution in [2.75, 3.05) is 12.0 Å². The van der Waals surface area contributed by atoms with Crippen LogP contribution in [0.5, 0.6) is 0 Å². The van der Waals surface area contributed by atoms with Crippen molar-refractivity contribution < 1.29 is 12.8 Å². The van der Waals surface area contributed by atoms with Gasteiger partial charge in [0.1, 0.15) is 11.6 Å². The molecule has 2 heterocycles. The monoisotopic (exact) mass is 559 g/mol. The first kappa shape index (κ1) is 28.3. The summed E-state index contributed by atoms with van der Waals surface area (Å²) < 4.78 is 39.9. The molecule has 0 aliphatic carbocycles. The van der Waals surface area contributed by atoms with E-state index in [2.05, 4.69) is 26.6 Å². The Hall–Kier alpha value is -4.74. The Balaban J connectivity index is 1.75. The van der Waals surface area contributed by atoms with E-state index >= 15 is 0 Å². The molecule has 9 nitrogen and oxygen atoms in total. The summed E-state index contributed by atoms with van der Waals surface area (Å²) in [5, 5.41) is 12.6. The van der Waals surface area contributed by atoms with E-state index < -0.39 is 15.8 Å². The molecule has 4 rings (SSSR count). The number of H-pyrrole nitrogens is 1. The van der Waals surface area contributed by atoms with Crippen molar-refractivity contribution >= 4 is 38.0 Å². The van der Waals surface area contributed by atoms with E-state index in [0.29, 0.717) is 33.6 Å². The normalized spacial score (nSPS) is 12.5. The molecule has 40 heavy (non-hydrogen) atoms. The third-order valence-electron chi connectivity index (χ3n) is 6.00. The van der Waals surface area contributed by atoms with E-state index in [1.807, 2.05) is 18.2 Å². The molecule has 0 aliphatic heterocycles. The lowest BCUT2D eigenvalue weighted by atomic mass is 9.98. The summed E-state index contributed by atoms with van der Waals surface area (Å²) in [4.78, 5) is 7.56. The van der Waals surface area contributed by atoms with Crippen LogP contribution in [-0.2, 0) is 16.6 Å². The van der Waals surface area contributed by atoms with Gasteiger partial charge in [-0.25, -0.2) is 22.5 Å². The number of aromatic nitrogens is 2. The van der Waals surface area contributed by atoms with E-state index in [-0.39, 0.29) is 18.1 Å². The van der Waals surface area contributed by atoms with Gasteiger partial charge in [0.2, 0.25) is 10.0 Å². The maximum atomic E-state index is 14.5. The second-order valence-corrected chi connectivity index (χ2v) is 11.1. The molecule has 0 atom stereocenters. The topological polar surface area (TPSA) is 163 Å².